The molecule has 21 heavy (non-hydrogen) atoms. The Hall–Kier alpha value is -1.98. The summed E-state index contributed by atoms with van der Waals surface area (Å²) >= 11 is 1.80. The quantitative estimate of drug-likeness (QED) is 0.788. The van der Waals surface area contributed by atoms with Crippen LogP contribution in [0.4, 0.5) is 0 Å². The molecule has 0 bridgehead atoms. The molecule has 4 nitrogen and oxygen atoms in total. The number of thiophene rings is 1. The maximum Gasteiger partial charge on any atom is 0.248 e. The Labute approximate surface area is 126 Å². The van der Waals surface area contributed by atoms with E-state index < -0.39 is 0 Å². The predicted molar refractivity (Wildman–Crippen MR) is 82.3 cm³/mol. The number of nitrogens with zero attached hydrogens (tertiary/aromatic N) is 2. The van der Waals surface area contributed by atoms with Crippen molar-refractivity contribution in [3.05, 3.63) is 57.6 Å². The van der Waals surface area contributed by atoms with Crippen molar-refractivity contribution in [3.63, 3.8) is 0 Å². The molecule has 3 heterocycles. The second kappa shape index (κ2) is 5.09. The fourth-order valence-electron chi connectivity index (χ4n) is 2.64. The standard InChI is InChI=1S/C16H15N3OS/c1-10-2-4-11(5-3-10)15-18-16(20-19-15)14-12-7-9-21-13(12)6-8-17-14/h2-5,7,9,14,17H,6,8H2,1H3. The van der Waals surface area contributed by atoms with E-state index >= 15 is 0 Å². The van der Waals surface area contributed by atoms with Crippen LogP contribution in [0, 0.1) is 6.92 Å². The Morgan fingerprint density at radius 3 is 2.95 bits per heavy atom. The monoisotopic (exact) mass is 297 g/mol. The summed E-state index contributed by atoms with van der Waals surface area (Å²) in [6.07, 6.45) is 1.07. The first-order valence-electron chi connectivity index (χ1n) is 7.01. The number of rotatable bonds is 2. The Morgan fingerprint density at radius 2 is 2.10 bits per heavy atom. The molecule has 5 heteroatoms. The van der Waals surface area contributed by atoms with Crippen molar-refractivity contribution in [1.29, 1.82) is 0 Å². The zero-order valence-corrected chi connectivity index (χ0v) is 12.5. The van der Waals surface area contributed by atoms with Gasteiger partial charge in [0.1, 0.15) is 6.04 Å². The van der Waals surface area contributed by atoms with Gasteiger partial charge in [0, 0.05) is 17.0 Å². The van der Waals surface area contributed by atoms with Gasteiger partial charge in [-0.15, -0.1) is 11.3 Å². The molecule has 1 aromatic carbocycles. The van der Waals surface area contributed by atoms with Crippen LogP contribution >= 0.6 is 11.3 Å². The first-order valence-corrected chi connectivity index (χ1v) is 7.89. The highest BCUT2D eigenvalue weighted by Crippen LogP contribution is 2.32. The summed E-state index contributed by atoms with van der Waals surface area (Å²) in [4.78, 5) is 5.99. The topological polar surface area (TPSA) is 51.0 Å². The number of hydrogen-bond donors (Lipinski definition) is 1. The van der Waals surface area contributed by atoms with Gasteiger partial charge in [-0.1, -0.05) is 35.0 Å². The van der Waals surface area contributed by atoms with Crippen LogP contribution in [0.3, 0.4) is 0 Å². The van der Waals surface area contributed by atoms with Crippen LogP contribution in [0.2, 0.25) is 0 Å². The number of hydrogen-bond acceptors (Lipinski definition) is 5. The van der Waals surface area contributed by atoms with Gasteiger partial charge in [0.15, 0.2) is 0 Å². The third-order valence-electron chi connectivity index (χ3n) is 3.79. The Kier molecular flexibility index (Phi) is 3.09. The van der Waals surface area contributed by atoms with Crippen molar-refractivity contribution in [3.8, 4) is 11.4 Å². The fraction of sp³-hybridized carbons (Fsp3) is 0.250. The average molecular weight is 297 g/mol. The smallest absolute Gasteiger partial charge is 0.248 e. The number of benzene rings is 1. The summed E-state index contributed by atoms with van der Waals surface area (Å²) in [6, 6.07) is 10.3. The number of aryl methyl sites for hydroxylation is 1. The minimum Gasteiger partial charge on any atom is -0.337 e. The molecule has 1 unspecified atom stereocenters. The summed E-state index contributed by atoms with van der Waals surface area (Å²) in [6.45, 7) is 3.01. The molecule has 0 spiro atoms. The predicted octanol–water partition coefficient (Wildman–Crippen LogP) is 3.34. The van der Waals surface area contributed by atoms with Crippen molar-refractivity contribution >= 4 is 11.3 Å². The summed E-state index contributed by atoms with van der Waals surface area (Å²) in [7, 11) is 0. The zero-order chi connectivity index (χ0) is 14.2. The van der Waals surface area contributed by atoms with Gasteiger partial charge in [-0.3, -0.25) is 0 Å². The van der Waals surface area contributed by atoms with E-state index in [2.05, 4.69) is 46.0 Å². The molecular weight excluding hydrogens is 282 g/mol. The number of nitrogens with one attached hydrogen (secondary N) is 1. The molecule has 0 aliphatic carbocycles. The van der Waals surface area contributed by atoms with Crippen molar-refractivity contribution in [2.75, 3.05) is 6.54 Å². The van der Waals surface area contributed by atoms with E-state index in [1.54, 1.807) is 11.3 Å². The largest absolute Gasteiger partial charge is 0.337 e. The molecule has 106 valence electrons. The summed E-state index contributed by atoms with van der Waals surface area (Å²) in [5.41, 5.74) is 3.47. The lowest BCUT2D eigenvalue weighted by molar-refractivity contribution is 0.344. The molecule has 2 aromatic heterocycles. The lowest BCUT2D eigenvalue weighted by Gasteiger charge is -2.20. The first-order chi connectivity index (χ1) is 10.3. The second-order valence-electron chi connectivity index (χ2n) is 5.26. The molecule has 0 fully saturated rings. The molecule has 0 saturated carbocycles. The van der Waals surface area contributed by atoms with Gasteiger partial charge < -0.3 is 9.84 Å². The first kappa shape index (κ1) is 12.7. The molecular formula is C16H15N3OS. The molecule has 1 atom stereocenters. The highest BCUT2D eigenvalue weighted by molar-refractivity contribution is 7.10. The molecule has 0 amide bonds. The zero-order valence-electron chi connectivity index (χ0n) is 11.7. The molecule has 0 radical (unpaired) electrons. The molecule has 1 aliphatic heterocycles. The van der Waals surface area contributed by atoms with E-state index in [1.165, 1.54) is 16.0 Å². The number of fused-ring (bicyclic) bond motifs is 1. The third kappa shape index (κ3) is 2.28. The third-order valence-corrected chi connectivity index (χ3v) is 4.79. The highest BCUT2D eigenvalue weighted by atomic mass is 32.1. The normalized spacial score (nSPS) is 17.7. The van der Waals surface area contributed by atoms with Gasteiger partial charge in [-0.25, -0.2) is 0 Å². The van der Waals surface area contributed by atoms with Crippen LogP contribution in [0.5, 0.6) is 0 Å². The van der Waals surface area contributed by atoms with Gasteiger partial charge in [0.25, 0.3) is 0 Å². The molecule has 4 rings (SSSR count). The molecule has 3 aromatic rings. The minimum absolute atomic E-state index is 0.0201. The van der Waals surface area contributed by atoms with Crippen LogP contribution in [0.25, 0.3) is 11.4 Å². The van der Waals surface area contributed by atoms with E-state index in [0.717, 1.165) is 18.5 Å². The summed E-state index contributed by atoms with van der Waals surface area (Å²) in [5, 5.41) is 9.71. The van der Waals surface area contributed by atoms with Crippen LogP contribution in [-0.4, -0.2) is 16.7 Å². The van der Waals surface area contributed by atoms with Gasteiger partial charge >= 0.3 is 0 Å². The Bertz CT molecular complexity index is 760. The van der Waals surface area contributed by atoms with Gasteiger partial charge in [-0.2, -0.15) is 4.98 Å². The van der Waals surface area contributed by atoms with Crippen molar-refractivity contribution in [1.82, 2.24) is 15.5 Å². The fourth-order valence-corrected chi connectivity index (χ4v) is 3.56. The van der Waals surface area contributed by atoms with E-state index in [1.807, 2.05) is 12.1 Å². The van der Waals surface area contributed by atoms with Crippen LogP contribution in [0.1, 0.15) is 27.9 Å². The van der Waals surface area contributed by atoms with Crippen molar-refractivity contribution in [2.24, 2.45) is 0 Å². The van der Waals surface area contributed by atoms with E-state index in [4.69, 9.17) is 4.52 Å². The summed E-state index contributed by atoms with van der Waals surface area (Å²) in [5.74, 6) is 1.29. The van der Waals surface area contributed by atoms with E-state index in [0.29, 0.717) is 11.7 Å². The molecule has 1 N–H and O–H groups in total. The maximum absolute atomic E-state index is 5.50. The minimum atomic E-state index is 0.0201. The Balaban J connectivity index is 1.68. The lowest BCUT2D eigenvalue weighted by Crippen LogP contribution is -2.29. The van der Waals surface area contributed by atoms with Crippen LogP contribution < -0.4 is 5.32 Å². The van der Waals surface area contributed by atoms with E-state index in [9.17, 15) is 0 Å². The van der Waals surface area contributed by atoms with Gasteiger partial charge in [0.2, 0.25) is 11.7 Å². The van der Waals surface area contributed by atoms with Crippen molar-refractivity contribution < 1.29 is 4.52 Å². The average Bonchev–Trinajstić information content (AvgIpc) is 3.16. The second-order valence-corrected chi connectivity index (χ2v) is 6.26. The molecule has 1 aliphatic rings. The van der Waals surface area contributed by atoms with E-state index in [-0.39, 0.29) is 6.04 Å². The van der Waals surface area contributed by atoms with Gasteiger partial charge in [-0.05, 0) is 30.4 Å². The Morgan fingerprint density at radius 1 is 1.24 bits per heavy atom. The highest BCUT2D eigenvalue weighted by Gasteiger charge is 2.27. The van der Waals surface area contributed by atoms with Crippen LogP contribution in [-0.2, 0) is 6.42 Å². The number of aromatic nitrogens is 2. The van der Waals surface area contributed by atoms with Crippen LogP contribution in [0.15, 0.2) is 40.2 Å². The van der Waals surface area contributed by atoms with Gasteiger partial charge in [0.05, 0.1) is 0 Å². The van der Waals surface area contributed by atoms with Crippen molar-refractivity contribution in [2.45, 2.75) is 19.4 Å². The molecule has 0 saturated heterocycles. The SMILES string of the molecule is Cc1ccc(-c2noc(C3NCCc4sccc43)n2)cc1. The summed E-state index contributed by atoms with van der Waals surface area (Å²) < 4.78 is 5.50. The maximum atomic E-state index is 5.50. The lowest BCUT2D eigenvalue weighted by atomic mass is 10.0.